The second kappa shape index (κ2) is 9.00. The average molecular weight is 355 g/mol. The molecule has 1 aliphatic rings. The van der Waals surface area contributed by atoms with E-state index in [-0.39, 0.29) is 6.03 Å². The highest BCUT2D eigenvalue weighted by Gasteiger charge is 2.09. The largest absolute Gasteiger partial charge is 0.338 e. The Hall–Kier alpha value is -1.14. The number of hydrogen-bond donors (Lipinski definition) is 2. The number of rotatable bonds is 6. The van der Waals surface area contributed by atoms with Gasteiger partial charge < -0.3 is 15.5 Å². The normalized spacial score (nSPS) is 15.7. The van der Waals surface area contributed by atoms with Crippen molar-refractivity contribution in [1.29, 1.82) is 0 Å². The van der Waals surface area contributed by atoms with E-state index in [4.69, 9.17) is 0 Å². The van der Waals surface area contributed by atoms with E-state index in [0.717, 1.165) is 24.0 Å². The van der Waals surface area contributed by atoms with Gasteiger partial charge >= 0.3 is 6.03 Å². The van der Waals surface area contributed by atoms with Crippen LogP contribution >= 0.6 is 15.9 Å². The van der Waals surface area contributed by atoms with Gasteiger partial charge in [0.05, 0.1) is 11.9 Å². The standard InChI is InChI=1S/C15H23BrN4O/c16-14-7-6-13(12-18-14)19-15(21)17-8-2-5-11-20-9-3-1-4-10-20/h6-7,12H,1-5,8-11H2,(H2,17,19,21). The molecular weight excluding hydrogens is 332 g/mol. The third kappa shape index (κ3) is 6.44. The molecule has 2 rings (SSSR count). The molecule has 0 bridgehead atoms. The number of urea groups is 1. The number of likely N-dealkylation sites (tertiary alicyclic amines) is 1. The van der Waals surface area contributed by atoms with Gasteiger partial charge in [-0.2, -0.15) is 0 Å². The predicted molar refractivity (Wildman–Crippen MR) is 88.5 cm³/mol. The van der Waals surface area contributed by atoms with Crippen LogP contribution in [0.15, 0.2) is 22.9 Å². The molecule has 5 nitrogen and oxygen atoms in total. The van der Waals surface area contributed by atoms with Crippen LogP contribution in [0.1, 0.15) is 32.1 Å². The molecule has 0 radical (unpaired) electrons. The fourth-order valence-corrected chi connectivity index (χ4v) is 2.70. The van der Waals surface area contributed by atoms with Crippen molar-refractivity contribution in [3.63, 3.8) is 0 Å². The maximum absolute atomic E-state index is 11.7. The molecular formula is C15H23BrN4O. The number of anilines is 1. The molecule has 1 saturated heterocycles. The highest BCUT2D eigenvalue weighted by molar-refractivity contribution is 9.10. The Morgan fingerprint density at radius 1 is 1.24 bits per heavy atom. The number of hydrogen-bond acceptors (Lipinski definition) is 3. The first-order chi connectivity index (χ1) is 10.2. The zero-order valence-corrected chi connectivity index (χ0v) is 13.9. The summed E-state index contributed by atoms with van der Waals surface area (Å²) in [7, 11) is 0. The first kappa shape index (κ1) is 16.2. The molecule has 2 amide bonds. The molecule has 0 spiro atoms. The first-order valence-electron chi connectivity index (χ1n) is 7.63. The summed E-state index contributed by atoms with van der Waals surface area (Å²) in [4.78, 5) is 18.3. The molecule has 0 unspecified atom stereocenters. The van der Waals surface area contributed by atoms with Crippen LogP contribution in [-0.2, 0) is 0 Å². The second-order valence-corrected chi connectivity index (χ2v) is 6.17. The predicted octanol–water partition coefficient (Wildman–Crippen LogP) is 3.23. The number of piperidine rings is 1. The lowest BCUT2D eigenvalue weighted by Crippen LogP contribution is -2.32. The fraction of sp³-hybridized carbons (Fsp3) is 0.600. The third-order valence-electron chi connectivity index (χ3n) is 3.62. The molecule has 21 heavy (non-hydrogen) atoms. The van der Waals surface area contributed by atoms with Crippen LogP contribution in [0.2, 0.25) is 0 Å². The monoisotopic (exact) mass is 354 g/mol. The molecule has 1 aliphatic heterocycles. The lowest BCUT2D eigenvalue weighted by atomic mass is 10.1. The lowest BCUT2D eigenvalue weighted by Gasteiger charge is -2.26. The van der Waals surface area contributed by atoms with Crippen LogP contribution in [0.3, 0.4) is 0 Å². The Morgan fingerprint density at radius 3 is 2.76 bits per heavy atom. The second-order valence-electron chi connectivity index (χ2n) is 5.36. The Morgan fingerprint density at radius 2 is 2.05 bits per heavy atom. The highest BCUT2D eigenvalue weighted by atomic mass is 79.9. The van der Waals surface area contributed by atoms with Gasteiger partial charge in [0.25, 0.3) is 0 Å². The number of aromatic nitrogens is 1. The minimum atomic E-state index is -0.169. The van der Waals surface area contributed by atoms with Crippen LogP contribution in [0.25, 0.3) is 0 Å². The summed E-state index contributed by atoms with van der Waals surface area (Å²) in [6.45, 7) is 4.35. The van der Waals surface area contributed by atoms with Crippen molar-refractivity contribution in [2.75, 3.05) is 31.5 Å². The van der Waals surface area contributed by atoms with E-state index in [9.17, 15) is 4.79 Å². The van der Waals surface area contributed by atoms with Crippen molar-refractivity contribution in [3.05, 3.63) is 22.9 Å². The summed E-state index contributed by atoms with van der Waals surface area (Å²) in [5, 5.41) is 5.64. The molecule has 1 aromatic rings. The number of unbranched alkanes of at least 4 members (excludes halogenated alkanes) is 1. The van der Waals surface area contributed by atoms with Crippen LogP contribution < -0.4 is 10.6 Å². The van der Waals surface area contributed by atoms with Gasteiger partial charge in [0.15, 0.2) is 0 Å². The van der Waals surface area contributed by atoms with E-state index in [1.165, 1.54) is 32.4 Å². The molecule has 2 heterocycles. The van der Waals surface area contributed by atoms with Gasteiger partial charge in [0.2, 0.25) is 0 Å². The third-order valence-corrected chi connectivity index (χ3v) is 4.09. The maximum Gasteiger partial charge on any atom is 0.319 e. The van der Waals surface area contributed by atoms with E-state index in [2.05, 4.69) is 36.4 Å². The van der Waals surface area contributed by atoms with Crippen LogP contribution in [0, 0.1) is 0 Å². The number of nitrogens with zero attached hydrogens (tertiary/aromatic N) is 2. The minimum absolute atomic E-state index is 0.169. The zero-order chi connectivity index (χ0) is 14.9. The maximum atomic E-state index is 11.7. The first-order valence-corrected chi connectivity index (χ1v) is 8.42. The number of carbonyl (C=O) groups is 1. The Bertz CT molecular complexity index is 432. The Kier molecular flexibility index (Phi) is 6.95. The number of nitrogens with one attached hydrogen (secondary N) is 2. The van der Waals surface area contributed by atoms with Crippen LogP contribution in [0.4, 0.5) is 10.5 Å². The van der Waals surface area contributed by atoms with Gasteiger partial charge in [-0.1, -0.05) is 6.42 Å². The van der Waals surface area contributed by atoms with Crippen molar-refractivity contribution in [2.45, 2.75) is 32.1 Å². The van der Waals surface area contributed by atoms with Gasteiger partial charge in [-0.25, -0.2) is 9.78 Å². The van der Waals surface area contributed by atoms with E-state index < -0.39 is 0 Å². The molecule has 116 valence electrons. The van der Waals surface area contributed by atoms with Crippen LogP contribution in [0.5, 0.6) is 0 Å². The molecule has 1 aromatic heterocycles. The Balaban J connectivity index is 1.53. The fourth-order valence-electron chi connectivity index (χ4n) is 2.47. The quantitative estimate of drug-likeness (QED) is 0.609. The van der Waals surface area contributed by atoms with Gasteiger partial charge in [0, 0.05) is 6.54 Å². The summed E-state index contributed by atoms with van der Waals surface area (Å²) in [6.07, 6.45) is 7.83. The number of amides is 2. The summed E-state index contributed by atoms with van der Waals surface area (Å²) in [5.74, 6) is 0. The van der Waals surface area contributed by atoms with Gasteiger partial charge in [0.1, 0.15) is 4.60 Å². The summed E-state index contributed by atoms with van der Waals surface area (Å²) < 4.78 is 0.756. The van der Waals surface area contributed by atoms with E-state index >= 15 is 0 Å². The average Bonchev–Trinajstić information content (AvgIpc) is 2.50. The number of pyridine rings is 1. The van der Waals surface area contributed by atoms with Crippen molar-refractivity contribution >= 4 is 27.6 Å². The molecule has 0 atom stereocenters. The lowest BCUT2D eigenvalue weighted by molar-refractivity contribution is 0.224. The topological polar surface area (TPSA) is 57.3 Å². The highest BCUT2D eigenvalue weighted by Crippen LogP contribution is 2.10. The summed E-state index contributed by atoms with van der Waals surface area (Å²) in [5.41, 5.74) is 0.698. The van der Waals surface area contributed by atoms with Crippen LogP contribution in [-0.4, -0.2) is 42.1 Å². The number of carbonyl (C=O) groups excluding carboxylic acids is 1. The van der Waals surface area contributed by atoms with E-state index in [0.29, 0.717) is 12.2 Å². The van der Waals surface area contributed by atoms with Crippen molar-refractivity contribution in [3.8, 4) is 0 Å². The molecule has 0 aliphatic carbocycles. The van der Waals surface area contributed by atoms with Crippen molar-refractivity contribution < 1.29 is 4.79 Å². The minimum Gasteiger partial charge on any atom is -0.338 e. The summed E-state index contributed by atoms with van der Waals surface area (Å²) >= 11 is 3.26. The van der Waals surface area contributed by atoms with Gasteiger partial charge in [-0.05, 0) is 73.4 Å². The molecule has 0 saturated carbocycles. The van der Waals surface area contributed by atoms with E-state index in [1.807, 2.05) is 6.07 Å². The van der Waals surface area contributed by atoms with E-state index in [1.54, 1.807) is 12.3 Å². The van der Waals surface area contributed by atoms with Crippen molar-refractivity contribution in [2.24, 2.45) is 0 Å². The van der Waals surface area contributed by atoms with Gasteiger partial charge in [-0.15, -0.1) is 0 Å². The van der Waals surface area contributed by atoms with Gasteiger partial charge in [-0.3, -0.25) is 0 Å². The number of halogens is 1. The molecule has 1 fully saturated rings. The summed E-state index contributed by atoms with van der Waals surface area (Å²) in [6, 6.07) is 3.44. The Labute approximate surface area is 134 Å². The smallest absolute Gasteiger partial charge is 0.319 e. The molecule has 6 heteroatoms. The molecule has 2 N–H and O–H groups in total. The molecule has 0 aromatic carbocycles. The zero-order valence-electron chi connectivity index (χ0n) is 12.3. The SMILES string of the molecule is O=C(NCCCCN1CCCCC1)Nc1ccc(Br)nc1. The van der Waals surface area contributed by atoms with Crippen molar-refractivity contribution in [1.82, 2.24) is 15.2 Å².